The number of nitro benzene ring substituents is 1. The highest BCUT2D eigenvalue weighted by Crippen LogP contribution is 2.37. The van der Waals surface area contributed by atoms with Crippen LogP contribution in [0.4, 0.5) is 11.4 Å². The lowest BCUT2D eigenvalue weighted by Gasteiger charge is -2.30. The second-order valence-corrected chi connectivity index (χ2v) is 11.5. The Morgan fingerprint density at radius 3 is 2.64 bits per heavy atom. The lowest BCUT2D eigenvalue weighted by atomic mass is 9.97. The van der Waals surface area contributed by atoms with Crippen LogP contribution < -0.4 is 19.8 Å². The predicted molar refractivity (Wildman–Crippen MR) is 162 cm³/mol. The molecule has 0 radical (unpaired) electrons. The molecular weight excluding hydrogens is 576 g/mol. The molecule has 214 valence electrons. The van der Waals surface area contributed by atoms with Crippen LogP contribution in [0.2, 0.25) is 0 Å². The molecule has 2 aromatic carbocycles. The van der Waals surface area contributed by atoms with E-state index >= 15 is 0 Å². The van der Waals surface area contributed by atoms with Gasteiger partial charge in [0.1, 0.15) is 6.04 Å². The first kappa shape index (κ1) is 27.8. The highest BCUT2D eigenvalue weighted by atomic mass is 32.1. The predicted octanol–water partition coefficient (Wildman–Crippen LogP) is 3.74. The molecule has 0 amide bonds. The first-order chi connectivity index (χ1) is 20.5. The third-order valence-electron chi connectivity index (χ3n) is 7.05. The van der Waals surface area contributed by atoms with Crippen LogP contribution in [0.1, 0.15) is 29.0 Å². The monoisotopic (exact) mass is 602 g/mol. The second kappa shape index (κ2) is 11.8. The molecule has 6 rings (SSSR count). The summed E-state index contributed by atoms with van der Waals surface area (Å²) in [6.07, 6.45) is 1.68. The van der Waals surface area contributed by atoms with Crippen molar-refractivity contribution in [3.05, 3.63) is 117 Å². The highest BCUT2D eigenvalue weighted by Gasteiger charge is 2.35. The zero-order valence-electron chi connectivity index (χ0n) is 22.6. The molecule has 1 fully saturated rings. The topological polar surface area (TPSA) is 116 Å². The summed E-state index contributed by atoms with van der Waals surface area (Å²) in [5.41, 5.74) is 2.38. The Balaban J connectivity index is 1.60. The molecule has 2 aliphatic heterocycles. The number of nitrogens with zero attached hydrogens (tertiary/aromatic N) is 4. The van der Waals surface area contributed by atoms with Crippen molar-refractivity contribution in [3.63, 3.8) is 0 Å². The van der Waals surface area contributed by atoms with E-state index in [-0.39, 0.29) is 23.4 Å². The molecule has 12 heteroatoms. The fraction of sp³-hybridized carbons (Fsp3) is 0.233. The van der Waals surface area contributed by atoms with Gasteiger partial charge in [0.25, 0.3) is 11.2 Å². The average Bonchev–Trinajstić information content (AvgIpc) is 3.65. The van der Waals surface area contributed by atoms with Crippen LogP contribution in [-0.2, 0) is 14.3 Å². The van der Waals surface area contributed by atoms with Gasteiger partial charge in [-0.25, -0.2) is 9.79 Å². The maximum absolute atomic E-state index is 14.1. The Kier molecular flexibility index (Phi) is 7.83. The van der Waals surface area contributed by atoms with Gasteiger partial charge < -0.3 is 14.4 Å². The second-order valence-electron chi connectivity index (χ2n) is 9.55. The smallest absolute Gasteiger partial charge is 0.338 e. The van der Waals surface area contributed by atoms with Crippen molar-refractivity contribution in [3.8, 4) is 0 Å². The Bertz CT molecular complexity index is 1860. The number of esters is 1. The van der Waals surface area contributed by atoms with Crippen LogP contribution in [0.3, 0.4) is 0 Å². The zero-order valence-corrected chi connectivity index (χ0v) is 24.2. The van der Waals surface area contributed by atoms with E-state index < -0.39 is 16.9 Å². The van der Waals surface area contributed by atoms with Crippen molar-refractivity contribution in [2.75, 3.05) is 37.8 Å². The minimum Gasteiger partial charge on any atom is -0.463 e. The summed E-state index contributed by atoms with van der Waals surface area (Å²) in [7, 11) is 0. The number of carbonyl (C=O) groups excluding carboxylic acids is 1. The number of nitro groups is 1. The van der Waals surface area contributed by atoms with Gasteiger partial charge in [-0.15, -0.1) is 11.3 Å². The van der Waals surface area contributed by atoms with Gasteiger partial charge in [-0.05, 0) is 30.5 Å². The molecular formula is C30H26N4O6S2. The molecule has 0 bridgehead atoms. The van der Waals surface area contributed by atoms with E-state index in [4.69, 9.17) is 14.5 Å². The van der Waals surface area contributed by atoms with Gasteiger partial charge in [0.15, 0.2) is 4.80 Å². The largest absolute Gasteiger partial charge is 0.463 e. The fourth-order valence-corrected chi connectivity index (χ4v) is 6.98. The highest BCUT2D eigenvalue weighted by molar-refractivity contribution is 7.10. The summed E-state index contributed by atoms with van der Waals surface area (Å²) < 4.78 is 12.9. The maximum Gasteiger partial charge on any atom is 0.338 e. The van der Waals surface area contributed by atoms with Crippen LogP contribution in [0.15, 0.2) is 81.4 Å². The van der Waals surface area contributed by atoms with E-state index in [1.807, 2.05) is 47.8 Å². The third-order valence-corrected chi connectivity index (χ3v) is 8.95. The van der Waals surface area contributed by atoms with Gasteiger partial charge in [-0.3, -0.25) is 19.5 Å². The van der Waals surface area contributed by atoms with E-state index in [0.717, 1.165) is 16.1 Å². The van der Waals surface area contributed by atoms with Gasteiger partial charge >= 0.3 is 5.97 Å². The Hall–Kier alpha value is -4.39. The third kappa shape index (κ3) is 5.20. The van der Waals surface area contributed by atoms with Crippen LogP contribution in [0.5, 0.6) is 0 Å². The number of non-ortho nitro benzene ring substituents is 1. The summed E-state index contributed by atoms with van der Waals surface area (Å²) in [5, 5.41) is 13.5. The molecule has 0 spiro atoms. The van der Waals surface area contributed by atoms with Crippen molar-refractivity contribution >= 4 is 51.8 Å². The normalized spacial score (nSPS) is 17.1. The number of thiazole rings is 1. The van der Waals surface area contributed by atoms with Gasteiger partial charge in [-0.2, -0.15) is 0 Å². The molecule has 0 saturated carbocycles. The standard InChI is InChI=1S/C30H26N4O6S2/c1-2-40-29(36)25-26(19-7-4-3-5-8-19)31-30-33(27(25)23-9-6-16-41-23)28(35)24(42-30)18-20-17-21(34(37)38)10-11-22(20)32-12-14-39-15-13-32/h3-11,16-18,27H,2,12-15H2,1H3/t27-/m1/s1. The molecule has 0 N–H and O–H groups in total. The summed E-state index contributed by atoms with van der Waals surface area (Å²) in [6, 6.07) is 17.0. The molecule has 4 heterocycles. The molecule has 2 aromatic heterocycles. The Morgan fingerprint density at radius 1 is 1.17 bits per heavy atom. The average molecular weight is 603 g/mol. The lowest BCUT2D eigenvalue weighted by Crippen LogP contribution is -2.39. The number of fused-ring (bicyclic) bond motifs is 1. The summed E-state index contributed by atoms with van der Waals surface area (Å²) in [5.74, 6) is -0.541. The SMILES string of the molecule is CCOC(=O)C1=C(c2ccccc2)N=c2sc(=Cc3cc([N+](=O)[O-])ccc3N3CCOCC3)c(=O)n2[C@@H]1c1cccs1. The fourth-order valence-electron chi connectivity index (χ4n) is 5.16. The molecule has 2 aliphatic rings. The zero-order chi connectivity index (χ0) is 29.2. The number of carbonyl (C=O) groups is 1. The van der Waals surface area contributed by atoms with Crippen LogP contribution in [0, 0.1) is 10.1 Å². The number of rotatable bonds is 7. The molecule has 42 heavy (non-hydrogen) atoms. The molecule has 4 aromatic rings. The number of hydrogen-bond donors (Lipinski definition) is 0. The number of hydrogen-bond acceptors (Lipinski definition) is 10. The first-order valence-corrected chi connectivity index (χ1v) is 15.1. The molecule has 0 aliphatic carbocycles. The van der Waals surface area contributed by atoms with Crippen molar-refractivity contribution in [1.29, 1.82) is 0 Å². The van der Waals surface area contributed by atoms with Gasteiger partial charge in [0, 0.05) is 46.9 Å². The number of benzene rings is 2. The van der Waals surface area contributed by atoms with Crippen LogP contribution in [0.25, 0.3) is 11.8 Å². The molecule has 1 atom stereocenters. The summed E-state index contributed by atoms with van der Waals surface area (Å²) in [6.45, 7) is 4.24. The molecule has 10 nitrogen and oxygen atoms in total. The minimum absolute atomic E-state index is 0.0709. The number of ether oxygens (including phenoxy) is 2. The van der Waals surface area contributed by atoms with E-state index in [1.165, 1.54) is 39.4 Å². The van der Waals surface area contributed by atoms with Crippen LogP contribution in [-0.4, -0.2) is 48.4 Å². The Morgan fingerprint density at radius 2 is 1.95 bits per heavy atom. The quantitative estimate of drug-likeness (QED) is 0.180. The number of morpholine rings is 1. The van der Waals surface area contributed by atoms with Crippen molar-refractivity contribution in [2.45, 2.75) is 13.0 Å². The van der Waals surface area contributed by atoms with Crippen molar-refractivity contribution in [1.82, 2.24) is 4.57 Å². The summed E-state index contributed by atoms with van der Waals surface area (Å²) >= 11 is 2.62. The molecule has 1 saturated heterocycles. The molecule has 0 unspecified atom stereocenters. The Labute approximate surface area is 248 Å². The van der Waals surface area contributed by atoms with E-state index in [2.05, 4.69) is 4.90 Å². The number of aromatic nitrogens is 1. The van der Waals surface area contributed by atoms with E-state index in [9.17, 15) is 19.7 Å². The van der Waals surface area contributed by atoms with Crippen molar-refractivity contribution < 1.29 is 19.2 Å². The van der Waals surface area contributed by atoms with Gasteiger partial charge in [0.2, 0.25) is 0 Å². The minimum atomic E-state index is -0.749. The van der Waals surface area contributed by atoms with Gasteiger partial charge in [0.05, 0.1) is 40.5 Å². The van der Waals surface area contributed by atoms with Gasteiger partial charge in [-0.1, -0.05) is 47.7 Å². The van der Waals surface area contributed by atoms with E-state index in [1.54, 1.807) is 19.1 Å². The van der Waals surface area contributed by atoms with Crippen molar-refractivity contribution in [2.24, 2.45) is 4.99 Å². The number of anilines is 1. The summed E-state index contributed by atoms with van der Waals surface area (Å²) in [4.78, 5) is 47.0. The maximum atomic E-state index is 14.1. The lowest BCUT2D eigenvalue weighted by molar-refractivity contribution is -0.384. The number of thiophene rings is 1. The van der Waals surface area contributed by atoms with Crippen LogP contribution >= 0.6 is 22.7 Å². The van der Waals surface area contributed by atoms with E-state index in [0.29, 0.717) is 46.9 Å². The first-order valence-electron chi connectivity index (χ1n) is 13.4.